The summed E-state index contributed by atoms with van der Waals surface area (Å²) in [6.07, 6.45) is 6.53. The highest BCUT2D eigenvalue weighted by molar-refractivity contribution is 7.22. The highest BCUT2D eigenvalue weighted by atomic mass is 32.1. The Balaban J connectivity index is 1.32. The van der Waals surface area contributed by atoms with Crippen molar-refractivity contribution in [1.29, 1.82) is 0 Å². The lowest BCUT2D eigenvalue weighted by molar-refractivity contribution is -0.164. The molecule has 4 aromatic carbocycles. The van der Waals surface area contributed by atoms with E-state index in [4.69, 9.17) is 28.4 Å². The van der Waals surface area contributed by atoms with E-state index in [1.807, 2.05) is 24.3 Å². The summed E-state index contributed by atoms with van der Waals surface area (Å²) in [6.45, 7) is 8.08. The van der Waals surface area contributed by atoms with Gasteiger partial charge in [-0.15, -0.1) is 0 Å². The van der Waals surface area contributed by atoms with E-state index in [2.05, 4.69) is 44.7 Å². The Morgan fingerprint density at radius 2 is 1.31 bits per heavy atom. The average Bonchev–Trinajstić information content (AvgIpc) is 3.74. The maximum absolute atomic E-state index is 13.7. The van der Waals surface area contributed by atoms with E-state index in [0.29, 0.717) is 16.3 Å². The van der Waals surface area contributed by atoms with Crippen molar-refractivity contribution >= 4 is 80.8 Å². The van der Waals surface area contributed by atoms with Crippen molar-refractivity contribution < 1.29 is 71.5 Å². The molecular weight excluding hydrogens is 867 g/mol. The van der Waals surface area contributed by atoms with Gasteiger partial charge in [0, 0.05) is 36.3 Å². The molecule has 0 amide bonds. The van der Waals surface area contributed by atoms with Gasteiger partial charge in [-0.3, -0.25) is 10.2 Å². The van der Waals surface area contributed by atoms with Gasteiger partial charge in [-0.1, -0.05) is 61.4 Å². The molecule has 0 atom stereocenters. The van der Waals surface area contributed by atoms with Crippen LogP contribution >= 0.6 is 11.3 Å². The number of fused-ring (bicyclic) bond motifs is 1. The number of thiazole rings is 1. The quantitative estimate of drug-likeness (QED) is 0.0146. The third-order valence-corrected chi connectivity index (χ3v) is 9.19. The van der Waals surface area contributed by atoms with E-state index in [9.17, 15) is 33.6 Å². The van der Waals surface area contributed by atoms with Crippen LogP contribution in [0, 0.1) is 0 Å². The fraction of sp³-hybridized carbons (Fsp3) is 0.109. The molecule has 0 aliphatic carbocycles. The minimum Gasteiger partial charge on any atom is -0.457 e. The topological polar surface area (TPSA) is 231 Å². The molecular formula is C46H37N3O15S. The number of benzene rings is 4. The Kier molecular flexibility index (Phi) is 17.5. The first-order valence-electron chi connectivity index (χ1n) is 18.9. The zero-order valence-corrected chi connectivity index (χ0v) is 34.9. The molecule has 5 aromatic rings. The SMILES string of the molecule is C=CC(=O)OCOC(=O)/C=C/c1ccc(C(=O)Oc2ccc(OC(=O)c3ccc(CCC(=O)OCOC(=O)C=C)c(OCOC(=O)C=C)c3)c(/C=N/Nc3nc4ccccc4s3)c2)cc1. The number of hydrogen-bond acceptors (Lipinski definition) is 19. The predicted octanol–water partition coefficient (Wildman–Crippen LogP) is 6.65. The Labute approximate surface area is 374 Å². The van der Waals surface area contributed by atoms with E-state index in [1.165, 1.54) is 72.2 Å². The number of aromatic nitrogens is 1. The fourth-order valence-corrected chi connectivity index (χ4v) is 5.90. The number of hydrazone groups is 1. The third-order valence-electron chi connectivity index (χ3n) is 8.25. The summed E-state index contributed by atoms with van der Waals surface area (Å²) in [5.41, 5.74) is 4.94. The Hall–Kier alpha value is -8.71. The largest absolute Gasteiger partial charge is 0.457 e. The number of para-hydroxylation sites is 1. The van der Waals surface area contributed by atoms with Gasteiger partial charge in [0.15, 0.2) is 0 Å². The Bertz CT molecular complexity index is 2640. The van der Waals surface area contributed by atoms with Gasteiger partial charge in [0.25, 0.3) is 0 Å². The van der Waals surface area contributed by atoms with Crippen LogP contribution in [0.3, 0.4) is 0 Å². The smallest absolute Gasteiger partial charge is 0.343 e. The van der Waals surface area contributed by atoms with Crippen molar-refractivity contribution in [2.75, 3.05) is 25.8 Å². The van der Waals surface area contributed by atoms with Gasteiger partial charge in [-0.2, -0.15) is 5.10 Å². The van der Waals surface area contributed by atoms with Crippen molar-refractivity contribution in [2.24, 2.45) is 5.10 Å². The maximum Gasteiger partial charge on any atom is 0.343 e. The van der Waals surface area contributed by atoms with E-state index >= 15 is 0 Å². The lowest BCUT2D eigenvalue weighted by Crippen LogP contribution is -2.14. The van der Waals surface area contributed by atoms with Crippen molar-refractivity contribution in [3.05, 3.63) is 157 Å². The van der Waals surface area contributed by atoms with Gasteiger partial charge in [0.05, 0.1) is 27.6 Å². The maximum atomic E-state index is 13.7. The van der Waals surface area contributed by atoms with Gasteiger partial charge < -0.3 is 37.9 Å². The summed E-state index contributed by atoms with van der Waals surface area (Å²) < 4.78 is 41.8. The normalized spacial score (nSPS) is 10.6. The number of nitrogens with one attached hydrogen (secondary N) is 1. The van der Waals surface area contributed by atoms with Crippen LogP contribution in [0.2, 0.25) is 0 Å². The molecule has 19 heteroatoms. The summed E-state index contributed by atoms with van der Waals surface area (Å²) in [4.78, 5) is 89.5. The first-order chi connectivity index (χ1) is 31.4. The molecule has 0 spiro atoms. The fourth-order valence-electron chi connectivity index (χ4n) is 5.09. The highest BCUT2D eigenvalue weighted by Crippen LogP contribution is 2.29. The molecule has 1 heterocycles. The molecule has 1 N–H and O–H groups in total. The second kappa shape index (κ2) is 24.1. The monoisotopic (exact) mass is 903 g/mol. The lowest BCUT2D eigenvalue weighted by atomic mass is 10.1. The predicted molar refractivity (Wildman–Crippen MR) is 234 cm³/mol. The first kappa shape index (κ1) is 47.3. The molecule has 65 heavy (non-hydrogen) atoms. The van der Waals surface area contributed by atoms with Crippen LogP contribution in [0.15, 0.2) is 134 Å². The molecule has 0 saturated heterocycles. The highest BCUT2D eigenvalue weighted by Gasteiger charge is 2.18. The van der Waals surface area contributed by atoms with Crippen LogP contribution < -0.4 is 19.6 Å². The molecule has 0 saturated carbocycles. The molecule has 0 fully saturated rings. The second-order valence-corrected chi connectivity index (χ2v) is 13.6. The van der Waals surface area contributed by atoms with Crippen molar-refractivity contribution in [3.63, 3.8) is 0 Å². The van der Waals surface area contributed by atoms with Gasteiger partial charge in [0.2, 0.25) is 25.5 Å². The number of hydrogen-bond donors (Lipinski definition) is 1. The Morgan fingerprint density at radius 1 is 0.662 bits per heavy atom. The summed E-state index contributed by atoms with van der Waals surface area (Å²) >= 11 is 1.36. The molecule has 18 nitrogen and oxygen atoms in total. The molecule has 332 valence electrons. The number of anilines is 1. The van der Waals surface area contributed by atoms with Crippen LogP contribution in [0.4, 0.5) is 5.13 Å². The number of aryl methyl sites for hydroxylation is 1. The molecule has 0 radical (unpaired) electrons. The van der Waals surface area contributed by atoms with Crippen LogP contribution in [-0.4, -0.2) is 73.4 Å². The minimum absolute atomic E-state index is 0.00420. The van der Waals surface area contributed by atoms with Gasteiger partial charge in [-0.25, -0.2) is 33.8 Å². The number of carbonyl (C=O) groups is 7. The minimum atomic E-state index is -0.856. The zero-order valence-electron chi connectivity index (χ0n) is 34.1. The van der Waals surface area contributed by atoms with Crippen LogP contribution in [-0.2, 0) is 54.1 Å². The van der Waals surface area contributed by atoms with Crippen molar-refractivity contribution in [3.8, 4) is 17.2 Å². The van der Waals surface area contributed by atoms with Gasteiger partial charge >= 0.3 is 41.8 Å². The Morgan fingerprint density at radius 3 is 2.02 bits per heavy atom. The summed E-state index contributed by atoms with van der Waals surface area (Å²) in [5.74, 6) is -5.21. The van der Waals surface area contributed by atoms with Crippen LogP contribution in [0.25, 0.3) is 16.3 Å². The molecule has 0 aliphatic rings. The van der Waals surface area contributed by atoms with Gasteiger partial charge in [-0.05, 0) is 78.2 Å². The number of rotatable bonds is 22. The first-order valence-corrected chi connectivity index (χ1v) is 19.7. The molecule has 5 rings (SSSR count). The third kappa shape index (κ3) is 15.0. The number of nitrogens with zero attached hydrogens (tertiary/aromatic N) is 2. The van der Waals surface area contributed by atoms with Crippen LogP contribution in [0.5, 0.6) is 17.2 Å². The molecule has 0 aliphatic heterocycles. The molecule has 1 aromatic heterocycles. The standard InChI is InChI=1S/C46H37N3O15S/c1-4-39(50)58-26-57-37-24-32(17-16-30(37)18-22-43(54)62-28-60-41(52)6-3)45(56)64-36-20-19-34(23-33(36)25-47-49-46-48-35-9-7-8-10-38(35)65-46)63-44(55)31-14-11-29(12-15-31)13-21-42(53)61-27-59-40(51)5-2/h4-17,19-21,23-25H,1-3,18,22,26-28H2,(H,48,49)/b21-13+,47-25+. The van der Waals surface area contributed by atoms with Crippen LogP contribution in [0.1, 0.15) is 43.8 Å². The van der Waals surface area contributed by atoms with Gasteiger partial charge in [0.1, 0.15) is 17.2 Å². The van der Waals surface area contributed by atoms with E-state index in [0.717, 1.165) is 34.5 Å². The summed E-state index contributed by atoms with van der Waals surface area (Å²) in [7, 11) is 0. The number of carbonyl (C=O) groups excluding carboxylic acids is 7. The summed E-state index contributed by atoms with van der Waals surface area (Å²) in [5, 5.41) is 4.76. The lowest BCUT2D eigenvalue weighted by Gasteiger charge is -2.14. The van der Waals surface area contributed by atoms with Crippen molar-refractivity contribution in [1.82, 2.24) is 4.98 Å². The van der Waals surface area contributed by atoms with E-state index in [-0.39, 0.29) is 46.8 Å². The van der Waals surface area contributed by atoms with E-state index < -0.39 is 62.2 Å². The molecule has 0 bridgehead atoms. The van der Waals surface area contributed by atoms with Crippen molar-refractivity contribution in [2.45, 2.75) is 12.8 Å². The number of ether oxygens (including phenoxy) is 8. The zero-order chi connectivity index (χ0) is 46.6. The number of esters is 7. The molecule has 0 unspecified atom stereocenters. The van der Waals surface area contributed by atoms with E-state index in [1.54, 1.807) is 12.1 Å². The summed E-state index contributed by atoms with van der Waals surface area (Å²) in [6, 6.07) is 22.0. The second-order valence-electron chi connectivity index (χ2n) is 12.6. The average molecular weight is 904 g/mol.